The molecule has 332 valence electrons. The average Bonchev–Trinajstić information content (AvgIpc) is 3.18. The quantitative estimate of drug-likeness (QED) is 0.238. The molecule has 0 saturated carbocycles. The van der Waals surface area contributed by atoms with Crippen LogP contribution < -0.4 is 0 Å². The molecule has 2 N–H and O–H groups in total. The molecule has 4 aliphatic rings. The zero-order valence-corrected chi connectivity index (χ0v) is 36.7. The number of carbonyl (C=O) groups is 2. The van der Waals surface area contributed by atoms with Crippen LogP contribution in [0, 0.1) is 29.6 Å². The molecule has 0 amide bonds. The van der Waals surface area contributed by atoms with Gasteiger partial charge in [0.15, 0.2) is 18.4 Å². The minimum absolute atomic E-state index is 0.0549. The van der Waals surface area contributed by atoms with E-state index >= 15 is 0 Å². The summed E-state index contributed by atoms with van der Waals surface area (Å²) in [5.41, 5.74) is 0.805. The van der Waals surface area contributed by atoms with Crippen LogP contribution in [0.4, 0.5) is 0 Å². The Morgan fingerprint density at radius 3 is 2.24 bits per heavy atom. The molecular weight excluding hydrogens is 750 g/mol. The van der Waals surface area contributed by atoms with Crippen LogP contribution in [-0.2, 0) is 52.2 Å². The number of likely N-dealkylation sites (N-methyl/N-ethyl adjacent to an activating group) is 1. The van der Waals surface area contributed by atoms with E-state index < -0.39 is 91.2 Å². The van der Waals surface area contributed by atoms with E-state index in [4.69, 9.17) is 42.6 Å². The molecule has 4 aliphatic heterocycles. The van der Waals surface area contributed by atoms with Gasteiger partial charge in [-0.25, -0.2) is 0 Å². The highest BCUT2D eigenvalue weighted by atomic mass is 16.7. The largest absolute Gasteiger partial charge is 0.462 e. The van der Waals surface area contributed by atoms with Gasteiger partial charge in [-0.1, -0.05) is 51.5 Å². The Hall–Kier alpha value is -2.08. The fourth-order valence-corrected chi connectivity index (χ4v) is 8.89. The Kier molecular flexibility index (Phi) is 19.0. The van der Waals surface area contributed by atoms with E-state index in [1.54, 1.807) is 58.4 Å². The second-order valence-corrected chi connectivity index (χ2v) is 17.1. The van der Waals surface area contributed by atoms with Crippen LogP contribution in [0.15, 0.2) is 36.5 Å². The van der Waals surface area contributed by atoms with Gasteiger partial charge < -0.3 is 57.7 Å². The van der Waals surface area contributed by atoms with E-state index in [-0.39, 0.29) is 49.5 Å². The van der Waals surface area contributed by atoms with Crippen LogP contribution in [0.5, 0.6) is 0 Å². The van der Waals surface area contributed by atoms with Gasteiger partial charge in [-0.15, -0.1) is 6.58 Å². The summed E-state index contributed by atoms with van der Waals surface area (Å²) < 4.78 is 56.3. The first-order valence-corrected chi connectivity index (χ1v) is 21.2. The van der Waals surface area contributed by atoms with Crippen molar-refractivity contribution in [1.29, 1.82) is 0 Å². The van der Waals surface area contributed by atoms with Crippen molar-refractivity contribution in [3.8, 4) is 0 Å². The topological polar surface area (TPSA) is 161 Å². The highest BCUT2D eigenvalue weighted by molar-refractivity contribution is 5.91. The molecule has 58 heavy (non-hydrogen) atoms. The molecule has 2 bridgehead atoms. The smallest absolute Gasteiger partial charge is 0.308 e. The zero-order valence-electron chi connectivity index (χ0n) is 36.7. The van der Waals surface area contributed by atoms with Gasteiger partial charge >= 0.3 is 5.97 Å². The van der Waals surface area contributed by atoms with Crippen LogP contribution >= 0.6 is 0 Å². The van der Waals surface area contributed by atoms with Crippen molar-refractivity contribution < 1.29 is 62.4 Å². The molecule has 4 heterocycles. The molecule has 0 aromatic heterocycles. The number of allylic oxidation sites excluding steroid dienone is 3. The molecule has 0 aromatic carbocycles. The Bertz CT molecular complexity index is 1370. The lowest BCUT2D eigenvalue weighted by Gasteiger charge is -2.47. The lowest BCUT2D eigenvalue weighted by atomic mass is 9.79. The van der Waals surface area contributed by atoms with Crippen molar-refractivity contribution >= 4 is 11.8 Å². The Balaban J connectivity index is 1.72. The maximum Gasteiger partial charge on any atom is 0.308 e. The Morgan fingerprint density at radius 2 is 1.60 bits per heavy atom. The minimum Gasteiger partial charge on any atom is -0.462 e. The lowest BCUT2D eigenvalue weighted by molar-refractivity contribution is -0.306. The average molecular weight is 824 g/mol. The van der Waals surface area contributed by atoms with Crippen molar-refractivity contribution in [1.82, 2.24) is 4.90 Å². The van der Waals surface area contributed by atoms with Crippen LogP contribution in [-0.4, -0.2) is 155 Å². The van der Waals surface area contributed by atoms with Gasteiger partial charge in [0.1, 0.15) is 18.3 Å². The first-order chi connectivity index (χ1) is 27.5. The van der Waals surface area contributed by atoms with Gasteiger partial charge in [0.2, 0.25) is 0 Å². The number of ether oxygens (including phenoxy) is 9. The summed E-state index contributed by atoms with van der Waals surface area (Å²) >= 11 is 0. The van der Waals surface area contributed by atoms with E-state index in [1.807, 2.05) is 40.7 Å². The number of hydrogen-bond acceptors (Lipinski definition) is 14. The van der Waals surface area contributed by atoms with Gasteiger partial charge in [0.25, 0.3) is 0 Å². The maximum atomic E-state index is 14.2. The normalized spacial score (nSPS) is 44.3. The summed E-state index contributed by atoms with van der Waals surface area (Å²) in [5, 5.41) is 22.5. The third-order valence-electron chi connectivity index (χ3n) is 12.6. The Labute approximate surface area is 346 Å². The number of hydrogen-bond donors (Lipinski definition) is 2. The van der Waals surface area contributed by atoms with E-state index in [1.165, 1.54) is 0 Å². The standard InChI is InChI=1S/C44H73NO13/c1-13-32-23-52-18-17-30-20-25(4)33(46)16-15-24(3)19-31(22-53-44-42(51-12)41(50-11)26(5)28(7)54-44)34(14-2)57-36(47)21-35(56-32)27(6)40(30)58-43-39(49)37(45(9)10)38(48)29(8)55-43/h13,15-16,19,25-32,34-35,37-44,48-49H,1,14,17-18,20-23H2,2-12H3/b16-15+,24-19+/t25-,26+,27+,28?,29?,30+,31-,32?,34-,35-,37?,38+,39?,40-,41+,42?,43+,44-/m1/s1. The van der Waals surface area contributed by atoms with Gasteiger partial charge in [0.05, 0.1) is 68.4 Å². The van der Waals surface area contributed by atoms with Gasteiger partial charge in [-0.2, -0.15) is 0 Å². The number of methoxy groups -OCH3 is 2. The fraction of sp³-hybridized carbons (Fsp3) is 0.818. The molecule has 14 nitrogen and oxygen atoms in total. The van der Waals surface area contributed by atoms with Crippen molar-refractivity contribution in [2.75, 3.05) is 48.1 Å². The molecule has 0 spiro atoms. The highest BCUT2D eigenvalue weighted by Crippen LogP contribution is 2.37. The second kappa shape index (κ2) is 22.7. The third kappa shape index (κ3) is 12.3. The number of fused-ring (bicyclic) bond motifs is 3. The number of nitrogens with zero attached hydrogens (tertiary/aromatic N) is 1. The Morgan fingerprint density at radius 1 is 0.914 bits per heavy atom. The van der Waals surface area contributed by atoms with Gasteiger partial charge in [-0.3, -0.25) is 9.59 Å². The van der Waals surface area contributed by atoms with Crippen molar-refractivity contribution in [2.45, 2.75) is 154 Å². The zero-order chi connectivity index (χ0) is 42.8. The summed E-state index contributed by atoms with van der Waals surface area (Å²) in [6.45, 7) is 18.2. The van der Waals surface area contributed by atoms with Crippen LogP contribution in [0.2, 0.25) is 0 Å². The van der Waals surface area contributed by atoms with E-state index in [9.17, 15) is 19.8 Å². The summed E-state index contributed by atoms with van der Waals surface area (Å²) in [4.78, 5) is 29.8. The first-order valence-electron chi connectivity index (χ1n) is 21.2. The maximum absolute atomic E-state index is 14.2. The van der Waals surface area contributed by atoms with E-state index in [0.717, 1.165) is 5.57 Å². The predicted molar refractivity (Wildman–Crippen MR) is 217 cm³/mol. The van der Waals surface area contributed by atoms with Gasteiger partial charge in [0, 0.05) is 44.5 Å². The van der Waals surface area contributed by atoms with E-state index in [2.05, 4.69) is 13.5 Å². The summed E-state index contributed by atoms with van der Waals surface area (Å²) in [7, 11) is 6.83. The third-order valence-corrected chi connectivity index (χ3v) is 12.6. The highest BCUT2D eigenvalue weighted by Gasteiger charge is 2.48. The van der Waals surface area contributed by atoms with Crippen LogP contribution in [0.1, 0.15) is 74.1 Å². The molecule has 0 aromatic rings. The number of rotatable bonds is 10. The monoisotopic (exact) mass is 824 g/mol. The van der Waals surface area contributed by atoms with E-state index in [0.29, 0.717) is 25.9 Å². The molecule has 4 rings (SSSR count). The number of cyclic esters (lactones) is 1. The molecule has 6 unspecified atom stereocenters. The predicted octanol–water partition coefficient (Wildman–Crippen LogP) is 4.25. The molecule has 0 aliphatic carbocycles. The van der Waals surface area contributed by atoms with Crippen molar-refractivity contribution in [3.63, 3.8) is 0 Å². The summed E-state index contributed by atoms with van der Waals surface area (Å²) in [6.07, 6.45) is 0.272. The number of aliphatic hydroxyl groups excluding tert-OH is 2. The number of carbonyl (C=O) groups excluding carboxylic acids is 2. The van der Waals surface area contributed by atoms with Crippen LogP contribution in [0.3, 0.4) is 0 Å². The fourth-order valence-electron chi connectivity index (χ4n) is 8.89. The molecule has 0 radical (unpaired) electrons. The molecule has 14 heteroatoms. The molecule has 3 fully saturated rings. The van der Waals surface area contributed by atoms with Crippen molar-refractivity contribution in [3.05, 3.63) is 36.5 Å². The summed E-state index contributed by atoms with van der Waals surface area (Å²) in [5.74, 6) is -2.01. The first kappa shape index (κ1) is 48.6. The number of aliphatic hydroxyl groups is 2. The number of esters is 1. The van der Waals surface area contributed by atoms with Crippen LogP contribution in [0.25, 0.3) is 0 Å². The van der Waals surface area contributed by atoms with Crippen molar-refractivity contribution in [2.24, 2.45) is 29.6 Å². The second-order valence-electron chi connectivity index (χ2n) is 17.1. The molecule has 18 atom stereocenters. The van der Waals surface area contributed by atoms with Gasteiger partial charge in [-0.05, 0) is 66.1 Å². The minimum atomic E-state index is -1.20. The molecular formula is C44H73NO13. The molecule has 3 saturated heterocycles. The summed E-state index contributed by atoms with van der Waals surface area (Å²) in [6, 6.07) is -0.661. The number of ketones is 1. The lowest BCUT2D eigenvalue weighted by Crippen LogP contribution is -2.63. The SMILES string of the molecule is C=CC1COCC[C@H]2C[C@@H](C)C(=O)/C=C/C(C)=C/[C@H](CO[C@@H]3OC(C)[C@H](C)[C@H](OC)C3OC)[C@@H](CC)OC(=O)C[C@@H](O1)[C@H](C)[C@H]2O[C@@H]1OC(C)[C@H](O)C(N(C)C)C1O.